The second kappa shape index (κ2) is 4.71. The van der Waals surface area contributed by atoms with Gasteiger partial charge in [-0.3, -0.25) is 0 Å². The molecule has 100 valence electrons. The molecule has 2 unspecified atom stereocenters. The zero-order valence-electron chi connectivity index (χ0n) is 11.4. The lowest BCUT2D eigenvalue weighted by molar-refractivity contribution is 0.0915. The molecule has 3 nitrogen and oxygen atoms in total. The van der Waals surface area contributed by atoms with Gasteiger partial charge in [-0.25, -0.2) is 0 Å². The van der Waals surface area contributed by atoms with E-state index in [1.54, 1.807) is 0 Å². The smallest absolute Gasteiger partial charge is 0.0847 e. The summed E-state index contributed by atoms with van der Waals surface area (Å²) in [6, 6.07) is 2.91. The van der Waals surface area contributed by atoms with E-state index in [4.69, 9.17) is 0 Å². The normalized spacial score (nSPS) is 26.3. The van der Waals surface area contributed by atoms with Crippen molar-refractivity contribution in [2.45, 2.75) is 51.7 Å². The van der Waals surface area contributed by atoms with Gasteiger partial charge in [-0.1, -0.05) is 0 Å². The highest BCUT2D eigenvalue weighted by molar-refractivity contribution is 5.31. The first-order valence-electron chi connectivity index (χ1n) is 7.25. The van der Waals surface area contributed by atoms with E-state index in [1.165, 1.54) is 30.7 Å². The largest absolute Gasteiger partial charge is 0.388 e. The number of rotatable bonds is 3. The Labute approximate surface area is 109 Å². The fourth-order valence-electron chi connectivity index (χ4n) is 3.40. The zero-order valence-corrected chi connectivity index (χ0v) is 11.4. The highest BCUT2D eigenvalue weighted by Crippen LogP contribution is 2.40. The van der Waals surface area contributed by atoms with E-state index in [-0.39, 0.29) is 6.10 Å². The van der Waals surface area contributed by atoms with Gasteiger partial charge in [0.05, 0.1) is 6.10 Å². The summed E-state index contributed by atoms with van der Waals surface area (Å²) in [5, 5.41) is 14.0. The molecule has 2 N–H and O–H groups in total. The summed E-state index contributed by atoms with van der Waals surface area (Å²) in [4.78, 5) is 0. The third-order valence-electron chi connectivity index (χ3n) is 4.54. The summed E-state index contributed by atoms with van der Waals surface area (Å²) in [6.07, 6.45) is 4.63. The maximum atomic E-state index is 10.6. The Morgan fingerprint density at radius 2 is 2.11 bits per heavy atom. The molecule has 1 saturated heterocycles. The van der Waals surface area contributed by atoms with Crippen molar-refractivity contribution in [3.05, 3.63) is 23.0 Å². The number of aliphatic hydroxyl groups is 1. The molecule has 0 aromatic carbocycles. The van der Waals surface area contributed by atoms with Crippen LogP contribution in [-0.2, 0) is 0 Å². The highest BCUT2D eigenvalue weighted by atomic mass is 16.3. The van der Waals surface area contributed by atoms with E-state index >= 15 is 0 Å². The fraction of sp³-hybridized carbons (Fsp3) is 0.733. The van der Waals surface area contributed by atoms with E-state index in [9.17, 15) is 5.11 Å². The van der Waals surface area contributed by atoms with Crippen molar-refractivity contribution < 1.29 is 5.11 Å². The first kappa shape index (κ1) is 12.2. The Hall–Kier alpha value is -0.800. The Kier molecular flexibility index (Phi) is 3.20. The molecule has 3 heteroatoms. The maximum Gasteiger partial charge on any atom is 0.0847 e. The SMILES string of the molecule is Cc1cc(C(O)C2CCCNC2)c(C)n1C1CC1. The highest BCUT2D eigenvalue weighted by Gasteiger charge is 2.30. The molecule has 1 aliphatic heterocycles. The summed E-state index contributed by atoms with van der Waals surface area (Å²) in [5.74, 6) is 0.381. The summed E-state index contributed by atoms with van der Waals surface area (Å²) < 4.78 is 2.43. The molecule has 18 heavy (non-hydrogen) atoms. The van der Waals surface area contributed by atoms with Gasteiger partial charge >= 0.3 is 0 Å². The minimum atomic E-state index is -0.295. The lowest BCUT2D eigenvalue weighted by Gasteiger charge is -2.27. The summed E-state index contributed by atoms with van der Waals surface area (Å²) in [5.41, 5.74) is 3.76. The van der Waals surface area contributed by atoms with Gasteiger partial charge in [-0.15, -0.1) is 0 Å². The minimum Gasteiger partial charge on any atom is -0.388 e. The van der Waals surface area contributed by atoms with Gasteiger partial charge in [0.2, 0.25) is 0 Å². The molecule has 1 saturated carbocycles. The molecule has 2 aliphatic rings. The van der Waals surface area contributed by atoms with Crippen LogP contribution in [0.3, 0.4) is 0 Å². The van der Waals surface area contributed by atoms with Crippen LogP contribution in [0.5, 0.6) is 0 Å². The van der Waals surface area contributed by atoms with Crippen LogP contribution in [0.1, 0.15) is 54.8 Å². The molecule has 2 heterocycles. The van der Waals surface area contributed by atoms with Crippen LogP contribution < -0.4 is 5.32 Å². The van der Waals surface area contributed by atoms with Crippen LogP contribution in [-0.4, -0.2) is 22.8 Å². The first-order chi connectivity index (χ1) is 8.68. The lowest BCUT2D eigenvalue weighted by Crippen LogP contribution is -2.33. The molecule has 0 radical (unpaired) electrons. The van der Waals surface area contributed by atoms with Crippen LogP contribution in [0, 0.1) is 19.8 Å². The number of aromatic nitrogens is 1. The Balaban J connectivity index is 1.84. The predicted molar refractivity (Wildman–Crippen MR) is 72.7 cm³/mol. The van der Waals surface area contributed by atoms with Crippen LogP contribution in [0.4, 0.5) is 0 Å². The number of hydrogen-bond donors (Lipinski definition) is 2. The van der Waals surface area contributed by atoms with Crippen molar-refractivity contribution in [2.24, 2.45) is 5.92 Å². The van der Waals surface area contributed by atoms with Crippen molar-refractivity contribution in [1.29, 1.82) is 0 Å². The molecule has 0 bridgehead atoms. The van der Waals surface area contributed by atoms with Crippen LogP contribution in [0.15, 0.2) is 6.07 Å². The summed E-state index contributed by atoms with van der Waals surface area (Å²) in [7, 11) is 0. The molecule has 0 spiro atoms. The van der Waals surface area contributed by atoms with Gasteiger partial charge in [0.25, 0.3) is 0 Å². The molecule has 0 amide bonds. The summed E-state index contributed by atoms with van der Waals surface area (Å²) in [6.45, 7) is 6.39. The molecule has 1 aromatic rings. The van der Waals surface area contributed by atoms with Crippen molar-refractivity contribution in [1.82, 2.24) is 9.88 Å². The maximum absolute atomic E-state index is 10.6. The third kappa shape index (κ3) is 2.10. The molecule has 1 aromatic heterocycles. The van der Waals surface area contributed by atoms with E-state index in [2.05, 4.69) is 29.8 Å². The zero-order chi connectivity index (χ0) is 12.7. The van der Waals surface area contributed by atoms with Gasteiger partial charge < -0.3 is 15.0 Å². The first-order valence-corrected chi connectivity index (χ1v) is 7.25. The van der Waals surface area contributed by atoms with Crippen molar-refractivity contribution >= 4 is 0 Å². The number of aliphatic hydroxyl groups excluding tert-OH is 1. The number of piperidine rings is 1. The minimum absolute atomic E-state index is 0.295. The predicted octanol–water partition coefficient (Wildman–Crippen LogP) is 2.47. The van der Waals surface area contributed by atoms with E-state index in [1.807, 2.05) is 0 Å². The van der Waals surface area contributed by atoms with Gasteiger partial charge in [0, 0.05) is 35.5 Å². The topological polar surface area (TPSA) is 37.2 Å². The van der Waals surface area contributed by atoms with E-state index in [0.29, 0.717) is 12.0 Å². The van der Waals surface area contributed by atoms with Crippen molar-refractivity contribution in [3.8, 4) is 0 Å². The van der Waals surface area contributed by atoms with Crippen LogP contribution >= 0.6 is 0 Å². The lowest BCUT2D eigenvalue weighted by atomic mass is 9.89. The Morgan fingerprint density at radius 3 is 2.72 bits per heavy atom. The van der Waals surface area contributed by atoms with Crippen LogP contribution in [0.25, 0.3) is 0 Å². The second-order valence-electron chi connectivity index (χ2n) is 5.98. The van der Waals surface area contributed by atoms with Crippen molar-refractivity contribution in [3.63, 3.8) is 0 Å². The average Bonchev–Trinajstić information content (AvgIpc) is 3.16. The van der Waals surface area contributed by atoms with E-state index < -0.39 is 0 Å². The number of aryl methyl sites for hydroxylation is 1. The second-order valence-corrected chi connectivity index (χ2v) is 5.98. The molecular formula is C15H24N2O. The standard InChI is InChI=1S/C15H24N2O/c1-10-8-14(11(2)17(10)13-5-6-13)15(18)12-4-3-7-16-9-12/h8,12-13,15-16,18H,3-7,9H2,1-2H3. The molecule has 3 rings (SSSR count). The summed E-state index contributed by atoms with van der Waals surface area (Å²) >= 11 is 0. The number of nitrogens with zero attached hydrogens (tertiary/aromatic N) is 1. The molecule has 2 atom stereocenters. The Bertz CT molecular complexity index is 428. The third-order valence-corrected chi connectivity index (χ3v) is 4.54. The van der Waals surface area contributed by atoms with Gasteiger partial charge in [0.1, 0.15) is 0 Å². The number of nitrogens with one attached hydrogen (secondary N) is 1. The van der Waals surface area contributed by atoms with Gasteiger partial charge in [-0.2, -0.15) is 0 Å². The quantitative estimate of drug-likeness (QED) is 0.862. The fourth-order valence-corrected chi connectivity index (χ4v) is 3.40. The average molecular weight is 248 g/mol. The Morgan fingerprint density at radius 1 is 1.33 bits per heavy atom. The molecule has 1 aliphatic carbocycles. The molecule has 2 fully saturated rings. The van der Waals surface area contributed by atoms with Gasteiger partial charge in [0.15, 0.2) is 0 Å². The monoisotopic (exact) mass is 248 g/mol. The van der Waals surface area contributed by atoms with Crippen LogP contribution in [0.2, 0.25) is 0 Å². The number of hydrogen-bond acceptors (Lipinski definition) is 2. The van der Waals surface area contributed by atoms with E-state index in [0.717, 1.165) is 25.1 Å². The van der Waals surface area contributed by atoms with Gasteiger partial charge in [-0.05, 0) is 52.1 Å². The molecular weight excluding hydrogens is 224 g/mol. The van der Waals surface area contributed by atoms with Crippen molar-refractivity contribution in [2.75, 3.05) is 13.1 Å².